The highest BCUT2D eigenvalue weighted by Crippen LogP contribution is 2.32. The smallest absolute Gasteiger partial charge is 0.264 e. The molecule has 2 N–H and O–H groups in total. The molecule has 9 heteroatoms. The Morgan fingerprint density at radius 3 is 2.89 bits per heavy atom. The van der Waals surface area contributed by atoms with E-state index >= 15 is 0 Å². The fourth-order valence-corrected chi connectivity index (χ4v) is 5.27. The Labute approximate surface area is 219 Å². The molecule has 2 aromatic carbocycles. The Kier molecular flexibility index (Phi) is 7.65. The number of hydrogen-bond acceptors (Lipinski definition) is 6. The Bertz CT molecular complexity index is 1370. The molecule has 3 aromatic rings. The maximum Gasteiger partial charge on any atom is 0.264 e. The number of halogens is 1. The summed E-state index contributed by atoms with van der Waals surface area (Å²) in [5.74, 6) is -0.396. The molecule has 0 bridgehead atoms. The van der Waals surface area contributed by atoms with Gasteiger partial charge in [-0.05, 0) is 85.7 Å². The Balaban J connectivity index is 1.26. The van der Waals surface area contributed by atoms with Crippen molar-refractivity contribution < 1.29 is 9.59 Å². The molecule has 0 atom stereocenters. The lowest BCUT2D eigenvalue weighted by Gasteiger charge is -2.26. The van der Waals surface area contributed by atoms with Crippen LogP contribution in [0, 0.1) is 0 Å². The molecule has 3 heterocycles. The number of nitrogens with zero attached hydrogens (tertiary/aromatic N) is 3. The third-order valence-corrected chi connectivity index (χ3v) is 7.40. The normalized spacial score (nSPS) is 18.6. The van der Waals surface area contributed by atoms with E-state index in [1.807, 2.05) is 36.4 Å². The van der Waals surface area contributed by atoms with Gasteiger partial charge in [-0.3, -0.25) is 14.6 Å². The van der Waals surface area contributed by atoms with E-state index in [9.17, 15) is 9.59 Å². The molecule has 7 nitrogen and oxygen atoms in total. The lowest BCUT2D eigenvalue weighted by Crippen LogP contribution is -2.37. The van der Waals surface area contributed by atoms with Crippen LogP contribution in [0.2, 0.25) is 5.02 Å². The maximum atomic E-state index is 12.7. The van der Waals surface area contributed by atoms with Crippen molar-refractivity contribution in [2.24, 2.45) is 4.99 Å². The number of piperidine rings is 1. The highest BCUT2D eigenvalue weighted by molar-refractivity contribution is 8.18. The summed E-state index contributed by atoms with van der Waals surface area (Å²) in [7, 11) is 0. The number of nitrogens with one attached hydrogen (secondary N) is 2. The number of amides is 2. The Morgan fingerprint density at radius 2 is 2.03 bits per heavy atom. The van der Waals surface area contributed by atoms with Crippen molar-refractivity contribution in [2.75, 3.05) is 26.2 Å². The van der Waals surface area contributed by atoms with Crippen LogP contribution in [0.5, 0.6) is 0 Å². The third kappa shape index (κ3) is 5.95. The molecule has 2 fully saturated rings. The minimum atomic E-state index is -0.229. The predicted molar refractivity (Wildman–Crippen MR) is 147 cm³/mol. The van der Waals surface area contributed by atoms with E-state index in [0.717, 1.165) is 36.1 Å². The summed E-state index contributed by atoms with van der Waals surface area (Å²) in [5, 5.41) is 7.59. The molecular formula is C27H26ClN5O2S. The van der Waals surface area contributed by atoms with Gasteiger partial charge in [0.15, 0.2) is 5.17 Å². The number of rotatable bonds is 6. The number of thioether (sulfide) groups is 1. The van der Waals surface area contributed by atoms with Gasteiger partial charge in [0.25, 0.3) is 11.8 Å². The van der Waals surface area contributed by atoms with Gasteiger partial charge in [0.2, 0.25) is 0 Å². The van der Waals surface area contributed by atoms with E-state index in [0.29, 0.717) is 32.9 Å². The highest BCUT2D eigenvalue weighted by atomic mass is 35.5. The van der Waals surface area contributed by atoms with Crippen molar-refractivity contribution >= 4 is 63.0 Å². The second kappa shape index (κ2) is 11.2. The zero-order chi connectivity index (χ0) is 24.9. The second-order valence-corrected chi connectivity index (χ2v) is 10.2. The first-order valence-corrected chi connectivity index (χ1v) is 13.2. The van der Waals surface area contributed by atoms with Crippen molar-refractivity contribution in [3.8, 4) is 0 Å². The molecule has 2 aliphatic rings. The van der Waals surface area contributed by atoms with Crippen LogP contribution < -0.4 is 10.6 Å². The molecule has 0 spiro atoms. The van der Waals surface area contributed by atoms with Crippen LogP contribution in [0.3, 0.4) is 0 Å². The van der Waals surface area contributed by atoms with Gasteiger partial charge in [0, 0.05) is 30.2 Å². The molecule has 36 heavy (non-hydrogen) atoms. The summed E-state index contributed by atoms with van der Waals surface area (Å²) in [4.78, 5) is 37.0. The van der Waals surface area contributed by atoms with E-state index in [-0.39, 0.29) is 11.8 Å². The highest BCUT2D eigenvalue weighted by Gasteiger charge is 2.24. The summed E-state index contributed by atoms with van der Waals surface area (Å²) in [6, 6.07) is 14.7. The van der Waals surface area contributed by atoms with Gasteiger partial charge in [-0.2, -0.15) is 0 Å². The van der Waals surface area contributed by atoms with Crippen LogP contribution in [0.4, 0.5) is 5.69 Å². The Hall–Kier alpha value is -3.20. The van der Waals surface area contributed by atoms with Gasteiger partial charge >= 0.3 is 0 Å². The van der Waals surface area contributed by atoms with Gasteiger partial charge in [-0.25, -0.2) is 4.99 Å². The molecule has 5 rings (SSSR count). The zero-order valence-corrected chi connectivity index (χ0v) is 21.2. The number of hydrogen-bond donors (Lipinski definition) is 2. The van der Waals surface area contributed by atoms with E-state index in [4.69, 9.17) is 11.6 Å². The number of benzene rings is 2. The zero-order valence-electron chi connectivity index (χ0n) is 19.7. The molecule has 0 unspecified atom stereocenters. The standard InChI is InChI=1S/C27H26ClN5O2S/c28-21-8-7-20(25(34)30-11-14-33-12-2-1-3-13-33)17-23(21)31-27-32-26(35)24(36-27)16-18-6-9-22-19(15-18)5-4-10-29-22/h4-10,15-17H,1-3,11-14H2,(H,30,34)(H,31,32,35). The minimum Gasteiger partial charge on any atom is -0.351 e. The quantitative estimate of drug-likeness (QED) is 0.448. The van der Waals surface area contributed by atoms with E-state index in [1.54, 1.807) is 24.4 Å². The summed E-state index contributed by atoms with van der Waals surface area (Å²) in [6.07, 6.45) is 7.31. The van der Waals surface area contributed by atoms with Crippen LogP contribution in [0.1, 0.15) is 35.2 Å². The molecule has 2 amide bonds. The van der Waals surface area contributed by atoms with E-state index in [1.165, 1.54) is 31.0 Å². The number of aromatic nitrogens is 1. The van der Waals surface area contributed by atoms with Gasteiger partial charge < -0.3 is 15.5 Å². The predicted octanol–water partition coefficient (Wildman–Crippen LogP) is 5.00. The number of likely N-dealkylation sites (tertiary alicyclic amines) is 1. The van der Waals surface area contributed by atoms with Gasteiger partial charge in [-0.1, -0.05) is 30.2 Å². The molecular weight excluding hydrogens is 494 g/mol. The maximum absolute atomic E-state index is 12.7. The molecule has 184 valence electrons. The number of fused-ring (bicyclic) bond motifs is 1. The summed E-state index contributed by atoms with van der Waals surface area (Å²) in [6.45, 7) is 3.63. The molecule has 0 saturated carbocycles. The number of pyridine rings is 1. The Morgan fingerprint density at radius 1 is 1.17 bits per heavy atom. The van der Waals surface area contributed by atoms with Crippen molar-refractivity contribution in [1.29, 1.82) is 0 Å². The molecule has 0 aliphatic carbocycles. The number of amidine groups is 1. The number of carbonyl (C=O) groups is 2. The second-order valence-electron chi connectivity index (χ2n) is 8.76. The van der Waals surface area contributed by atoms with E-state index < -0.39 is 0 Å². The summed E-state index contributed by atoms with van der Waals surface area (Å²) < 4.78 is 0. The average Bonchev–Trinajstić information content (AvgIpc) is 3.24. The van der Waals surface area contributed by atoms with Gasteiger partial charge in [-0.15, -0.1) is 0 Å². The average molecular weight is 520 g/mol. The summed E-state index contributed by atoms with van der Waals surface area (Å²) >= 11 is 7.59. The van der Waals surface area contributed by atoms with Gasteiger partial charge in [0.05, 0.1) is 21.1 Å². The van der Waals surface area contributed by atoms with Crippen molar-refractivity contribution in [2.45, 2.75) is 19.3 Å². The summed E-state index contributed by atoms with van der Waals surface area (Å²) in [5.41, 5.74) is 2.71. The largest absolute Gasteiger partial charge is 0.351 e. The van der Waals surface area contributed by atoms with Gasteiger partial charge in [0.1, 0.15) is 0 Å². The van der Waals surface area contributed by atoms with E-state index in [2.05, 4.69) is 25.5 Å². The number of carbonyl (C=O) groups excluding carboxylic acids is 2. The number of aliphatic imine (C=N–C) groups is 1. The lowest BCUT2D eigenvalue weighted by atomic mass is 10.1. The fourth-order valence-electron chi connectivity index (χ4n) is 4.28. The topological polar surface area (TPSA) is 86.7 Å². The van der Waals surface area contributed by atoms with Crippen LogP contribution in [0.15, 0.2) is 64.6 Å². The monoisotopic (exact) mass is 519 g/mol. The van der Waals surface area contributed by atoms with Crippen molar-refractivity contribution in [1.82, 2.24) is 20.5 Å². The van der Waals surface area contributed by atoms with Crippen LogP contribution in [-0.4, -0.2) is 53.0 Å². The first kappa shape index (κ1) is 24.5. The van der Waals surface area contributed by atoms with Crippen LogP contribution in [0.25, 0.3) is 17.0 Å². The first-order chi connectivity index (χ1) is 17.5. The first-order valence-electron chi connectivity index (χ1n) is 12.0. The van der Waals surface area contributed by atoms with Crippen LogP contribution >= 0.6 is 23.4 Å². The molecule has 0 radical (unpaired) electrons. The van der Waals surface area contributed by atoms with Crippen molar-refractivity contribution in [3.63, 3.8) is 0 Å². The van der Waals surface area contributed by atoms with Crippen molar-refractivity contribution in [3.05, 3.63) is 75.8 Å². The molecule has 2 saturated heterocycles. The minimum absolute atomic E-state index is 0.167. The molecule has 1 aromatic heterocycles. The fraction of sp³-hybridized carbons (Fsp3) is 0.259. The third-order valence-electron chi connectivity index (χ3n) is 6.17. The molecule has 2 aliphatic heterocycles. The lowest BCUT2D eigenvalue weighted by molar-refractivity contribution is -0.115. The SMILES string of the molecule is O=C1NC(=Nc2cc(C(=O)NCCN3CCCCC3)ccc2Cl)SC1=Cc1ccc2ncccc2c1. The van der Waals surface area contributed by atoms with Crippen LogP contribution in [-0.2, 0) is 4.79 Å².